The van der Waals surface area contributed by atoms with Gasteiger partial charge in [0.1, 0.15) is 5.75 Å². The molecule has 0 saturated carbocycles. The SMILES string of the molecule is COc1ccc(-c2ccc(C(=O)O)cc2C)cc1-c1ccc(C(F)(F)F)cc1CN1C(=O)OC(c2cc(C)cc(C(F)(F)F)c2)C1(C)C. The van der Waals surface area contributed by atoms with Crippen molar-refractivity contribution in [2.24, 2.45) is 0 Å². The number of carbonyl (C=O) groups is 2. The summed E-state index contributed by atoms with van der Waals surface area (Å²) in [6.07, 6.45) is -11.4. The molecule has 0 radical (unpaired) electrons. The number of hydrogen-bond acceptors (Lipinski definition) is 4. The van der Waals surface area contributed by atoms with Gasteiger partial charge >= 0.3 is 24.4 Å². The molecule has 252 valence electrons. The number of aryl methyl sites for hydroxylation is 2. The van der Waals surface area contributed by atoms with Gasteiger partial charge in [0.2, 0.25) is 0 Å². The molecular formula is C36H31F6NO5. The second-order valence-corrected chi connectivity index (χ2v) is 12.3. The number of methoxy groups -OCH3 is 1. The number of carbonyl (C=O) groups excluding carboxylic acids is 1. The molecule has 1 aliphatic heterocycles. The van der Waals surface area contributed by atoms with Gasteiger partial charge in [0.15, 0.2) is 6.10 Å². The summed E-state index contributed by atoms with van der Waals surface area (Å²) in [5, 5.41) is 9.37. The van der Waals surface area contributed by atoms with Crippen LogP contribution < -0.4 is 4.74 Å². The van der Waals surface area contributed by atoms with Crippen molar-refractivity contribution in [3.8, 4) is 28.0 Å². The number of nitrogens with zero attached hydrogens (tertiary/aromatic N) is 1. The van der Waals surface area contributed by atoms with Crippen LogP contribution in [0.4, 0.5) is 31.1 Å². The predicted molar refractivity (Wildman–Crippen MR) is 166 cm³/mol. The Balaban J connectivity index is 1.61. The predicted octanol–water partition coefficient (Wildman–Crippen LogP) is 9.85. The third-order valence-corrected chi connectivity index (χ3v) is 8.54. The van der Waals surface area contributed by atoms with E-state index in [-0.39, 0.29) is 23.2 Å². The van der Waals surface area contributed by atoms with Crippen LogP contribution in [0.25, 0.3) is 22.3 Å². The van der Waals surface area contributed by atoms with Crippen molar-refractivity contribution in [1.29, 1.82) is 0 Å². The monoisotopic (exact) mass is 671 g/mol. The summed E-state index contributed by atoms with van der Waals surface area (Å²) in [4.78, 5) is 26.0. The number of cyclic esters (lactones) is 1. The Morgan fingerprint density at radius 3 is 2.12 bits per heavy atom. The lowest BCUT2D eigenvalue weighted by atomic mass is 9.88. The molecule has 48 heavy (non-hydrogen) atoms. The molecule has 4 aromatic carbocycles. The van der Waals surface area contributed by atoms with Crippen molar-refractivity contribution in [3.63, 3.8) is 0 Å². The second kappa shape index (κ2) is 12.2. The van der Waals surface area contributed by atoms with Crippen LogP contribution in [0.1, 0.15) is 63.7 Å². The van der Waals surface area contributed by atoms with E-state index in [0.29, 0.717) is 39.1 Å². The minimum absolute atomic E-state index is 0.0871. The maximum atomic E-state index is 14.0. The molecule has 1 atom stereocenters. The normalized spacial score (nSPS) is 16.2. The van der Waals surface area contributed by atoms with Gasteiger partial charge in [-0.1, -0.05) is 29.8 Å². The number of halogens is 6. The van der Waals surface area contributed by atoms with Gasteiger partial charge in [-0.3, -0.25) is 4.90 Å². The number of hydrogen-bond donors (Lipinski definition) is 1. The Hall–Kier alpha value is -5.00. The molecule has 5 rings (SSSR count). The van der Waals surface area contributed by atoms with Crippen LogP contribution >= 0.6 is 0 Å². The van der Waals surface area contributed by atoms with Crippen LogP contribution in [0.15, 0.2) is 72.8 Å². The lowest BCUT2D eigenvalue weighted by Crippen LogP contribution is -2.42. The third-order valence-electron chi connectivity index (χ3n) is 8.54. The first-order valence-electron chi connectivity index (χ1n) is 14.7. The first-order valence-corrected chi connectivity index (χ1v) is 14.7. The number of carboxylic acids is 1. The van der Waals surface area contributed by atoms with Crippen molar-refractivity contribution in [3.05, 3.63) is 112 Å². The number of amides is 1. The van der Waals surface area contributed by atoms with E-state index in [4.69, 9.17) is 9.47 Å². The van der Waals surface area contributed by atoms with Gasteiger partial charge in [-0.05, 0) is 110 Å². The maximum Gasteiger partial charge on any atom is 0.416 e. The van der Waals surface area contributed by atoms with Gasteiger partial charge in [-0.15, -0.1) is 0 Å². The summed E-state index contributed by atoms with van der Waals surface area (Å²) in [6, 6.07) is 16.2. The van der Waals surface area contributed by atoms with Gasteiger partial charge in [0.05, 0.1) is 35.9 Å². The zero-order chi connectivity index (χ0) is 35.3. The molecule has 0 bridgehead atoms. The van der Waals surface area contributed by atoms with E-state index in [9.17, 15) is 41.0 Å². The summed E-state index contributed by atoms with van der Waals surface area (Å²) in [5.74, 6) is -0.775. The van der Waals surface area contributed by atoms with Crippen molar-refractivity contribution in [2.75, 3.05) is 7.11 Å². The van der Waals surface area contributed by atoms with Gasteiger partial charge < -0.3 is 14.6 Å². The zero-order valence-corrected chi connectivity index (χ0v) is 26.5. The van der Waals surface area contributed by atoms with Crippen LogP contribution in [-0.2, 0) is 23.6 Å². The first-order chi connectivity index (χ1) is 22.3. The van der Waals surface area contributed by atoms with Crippen molar-refractivity contribution in [1.82, 2.24) is 4.90 Å². The number of benzene rings is 4. The van der Waals surface area contributed by atoms with E-state index in [1.165, 1.54) is 43.2 Å². The minimum atomic E-state index is -4.72. The van der Waals surface area contributed by atoms with Crippen LogP contribution in [-0.4, -0.2) is 34.7 Å². The topological polar surface area (TPSA) is 76.1 Å². The number of rotatable bonds is 7. The molecular weight excluding hydrogens is 640 g/mol. The highest BCUT2D eigenvalue weighted by atomic mass is 19.4. The summed E-state index contributed by atoms with van der Waals surface area (Å²) in [5.41, 5.74) is 0.0840. The van der Waals surface area contributed by atoms with Gasteiger partial charge in [0.25, 0.3) is 0 Å². The first kappa shape index (κ1) is 34.3. The molecule has 1 aliphatic rings. The van der Waals surface area contributed by atoms with E-state index >= 15 is 0 Å². The summed E-state index contributed by atoms with van der Waals surface area (Å²) < 4.78 is 94.1. The maximum absolute atomic E-state index is 14.0. The average Bonchev–Trinajstić information content (AvgIpc) is 3.22. The number of ether oxygens (including phenoxy) is 2. The van der Waals surface area contributed by atoms with Crippen molar-refractivity contribution >= 4 is 12.1 Å². The van der Waals surface area contributed by atoms with Gasteiger partial charge in [-0.25, -0.2) is 9.59 Å². The van der Waals surface area contributed by atoms with Crippen LogP contribution in [0.2, 0.25) is 0 Å². The molecule has 4 aromatic rings. The van der Waals surface area contributed by atoms with Crippen LogP contribution in [0.3, 0.4) is 0 Å². The van der Waals surface area contributed by atoms with E-state index < -0.39 is 47.2 Å². The standard InChI is InChI=1S/C36H31F6NO5/c1-19-12-23(15-26(13-19)36(40,41)42)31-34(3,4)43(33(46)48-31)18-24-16-25(35(37,38)39)8-10-28(24)29-17-21(7-11-30(29)47-5)27-9-6-22(32(44)45)14-20(27)2/h6-17,31H,18H2,1-5H3,(H,44,45). The summed E-state index contributed by atoms with van der Waals surface area (Å²) in [6.45, 7) is 6.00. The average molecular weight is 672 g/mol. The molecule has 1 N–H and O–H groups in total. The number of alkyl halides is 6. The lowest BCUT2D eigenvalue weighted by molar-refractivity contribution is -0.138. The molecule has 1 saturated heterocycles. The molecule has 0 spiro atoms. The van der Waals surface area contributed by atoms with Crippen LogP contribution in [0.5, 0.6) is 5.75 Å². The van der Waals surface area contributed by atoms with Gasteiger partial charge in [0, 0.05) is 5.56 Å². The summed E-state index contributed by atoms with van der Waals surface area (Å²) >= 11 is 0. The van der Waals surface area contributed by atoms with Crippen molar-refractivity contribution < 1.29 is 50.5 Å². The Labute approximate surface area is 272 Å². The van der Waals surface area contributed by atoms with E-state index in [1.54, 1.807) is 45.0 Å². The number of carboxylic acid groups (broad SMARTS) is 1. The Kier molecular flexibility index (Phi) is 8.74. The zero-order valence-electron chi connectivity index (χ0n) is 26.5. The molecule has 12 heteroatoms. The quantitative estimate of drug-likeness (QED) is 0.198. The molecule has 6 nitrogen and oxygen atoms in total. The number of aromatic carboxylic acids is 1. The molecule has 1 amide bonds. The lowest BCUT2D eigenvalue weighted by Gasteiger charge is -2.33. The minimum Gasteiger partial charge on any atom is -0.496 e. The fourth-order valence-corrected chi connectivity index (χ4v) is 6.10. The molecule has 1 unspecified atom stereocenters. The Morgan fingerprint density at radius 2 is 1.52 bits per heavy atom. The highest BCUT2D eigenvalue weighted by molar-refractivity contribution is 5.89. The summed E-state index contributed by atoms with van der Waals surface area (Å²) in [7, 11) is 1.40. The molecule has 0 aliphatic carbocycles. The highest BCUT2D eigenvalue weighted by Crippen LogP contribution is 2.46. The molecule has 0 aromatic heterocycles. The van der Waals surface area contributed by atoms with E-state index in [0.717, 1.165) is 24.3 Å². The van der Waals surface area contributed by atoms with Gasteiger partial charge in [-0.2, -0.15) is 26.3 Å². The Morgan fingerprint density at radius 1 is 0.854 bits per heavy atom. The fraction of sp³-hybridized carbons (Fsp3) is 0.278. The third kappa shape index (κ3) is 6.56. The largest absolute Gasteiger partial charge is 0.496 e. The van der Waals surface area contributed by atoms with Crippen LogP contribution in [0, 0.1) is 13.8 Å². The smallest absolute Gasteiger partial charge is 0.416 e. The van der Waals surface area contributed by atoms with E-state index in [2.05, 4.69) is 0 Å². The van der Waals surface area contributed by atoms with Crippen molar-refractivity contribution in [2.45, 2.75) is 58.2 Å². The second-order valence-electron chi connectivity index (χ2n) is 12.3. The highest BCUT2D eigenvalue weighted by Gasteiger charge is 2.50. The molecule has 1 heterocycles. The Bertz CT molecular complexity index is 1910. The fourth-order valence-electron chi connectivity index (χ4n) is 6.10. The van der Waals surface area contributed by atoms with E-state index in [1.807, 2.05) is 0 Å². The molecule has 1 fully saturated rings.